The third kappa shape index (κ3) is 3.61. The van der Waals surface area contributed by atoms with Crippen molar-refractivity contribution in [1.29, 1.82) is 0 Å². The second-order valence-electron chi connectivity index (χ2n) is 5.16. The van der Waals surface area contributed by atoms with Gasteiger partial charge in [0.2, 0.25) is 0 Å². The molecular formula is C14H21N3O2. The van der Waals surface area contributed by atoms with Gasteiger partial charge in [0.25, 0.3) is 0 Å². The summed E-state index contributed by atoms with van der Waals surface area (Å²) in [6, 6.07) is 5.09. The Hall–Kier alpha value is -1.75. The predicted molar refractivity (Wildman–Crippen MR) is 76.6 cm³/mol. The maximum Gasteiger partial charge on any atom is 0.335 e. The van der Waals surface area contributed by atoms with Gasteiger partial charge in [0.15, 0.2) is 0 Å². The molecule has 2 rings (SSSR count). The van der Waals surface area contributed by atoms with Crippen molar-refractivity contribution in [1.82, 2.24) is 4.90 Å². The molecule has 0 aromatic heterocycles. The van der Waals surface area contributed by atoms with Crippen LogP contribution in [0.3, 0.4) is 0 Å². The molecule has 1 aromatic rings. The highest BCUT2D eigenvalue weighted by Gasteiger charge is 2.15. The van der Waals surface area contributed by atoms with Crippen LogP contribution in [0.1, 0.15) is 30.1 Å². The number of nitrogens with zero attached hydrogens (tertiary/aromatic N) is 1. The number of nitrogens with two attached hydrogens (primary N) is 1. The Labute approximate surface area is 113 Å². The van der Waals surface area contributed by atoms with Crippen LogP contribution < -0.4 is 11.1 Å². The number of likely N-dealkylation sites (tertiary alicyclic amines) is 1. The lowest BCUT2D eigenvalue weighted by atomic mass is 10.1. The molecule has 4 N–H and O–H groups in total. The van der Waals surface area contributed by atoms with Crippen LogP contribution in [0.5, 0.6) is 0 Å². The number of hydrogen-bond acceptors (Lipinski definition) is 4. The summed E-state index contributed by atoms with van der Waals surface area (Å²) in [5.41, 5.74) is 7.38. The van der Waals surface area contributed by atoms with Crippen molar-refractivity contribution in [3.8, 4) is 0 Å². The Morgan fingerprint density at radius 2 is 2.16 bits per heavy atom. The average Bonchev–Trinajstić information content (AvgIpc) is 2.84. The molecule has 1 saturated heterocycles. The van der Waals surface area contributed by atoms with Crippen molar-refractivity contribution in [2.75, 3.05) is 30.7 Å². The smallest absolute Gasteiger partial charge is 0.335 e. The Balaban J connectivity index is 1.96. The number of nitrogens with one attached hydrogen (secondary N) is 1. The fraction of sp³-hybridized carbons (Fsp3) is 0.500. The Morgan fingerprint density at radius 1 is 1.47 bits per heavy atom. The molecule has 0 aliphatic carbocycles. The second kappa shape index (κ2) is 5.93. The highest BCUT2D eigenvalue weighted by molar-refractivity contribution is 5.90. The summed E-state index contributed by atoms with van der Waals surface area (Å²) in [6.45, 7) is 5.43. The molecule has 0 radical (unpaired) electrons. The van der Waals surface area contributed by atoms with Crippen LogP contribution in [0.25, 0.3) is 0 Å². The van der Waals surface area contributed by atoms with Crippen molar-refractivity contribution >= 4 is 17.3 Å². The van der Waals surface area contributed by atoms with E-state index in [0.29, 0.717) is 5.69 Å². The molecule has 104 valence electrons. The number of carboxylic acids is 1. The van der Waals surface area contributed by atoms with E-state index in [4.69, 9.17) is 10.8 Å². The van der Waals surface area contributed by atoms with Gasteiger partial charge < -0.3 is 21.1 Å². The lowest BCUT2D eigenvalue weighted by molar-refractivity contribution is 0.0697. The summed E-state index contributed by atoms with van der Waals surface area (Å²) < 4.78 is 0. The van der Waals surface area contributed by atoms with Gasteiger partial charge in [-0.05, 0) is 51.1 Å². The summed E-state index contributed by atoms with van der Waals surface area (Å²) in [7, 11) is 0. The van der Waals surface area contributed by atoms with Gasteiger partial charge in [-0.3, -0.25) is 0 Å². The maximum absolute atomic E-state index is 10.8. The number of aromatic carboxylic acids is 1. The van der Waals surface area contributed by atoms with Gasteiger partial charge in [0.1, 0.15) is 0 Å². The van der Waals surface area contributed by atoms with Gasteiger partial charge in [-0.2, -0.15) is 0 Å². The van der Waals surface area contributed by atoms with E-state index < -0.39 is 5.97 Å². The molecule has 5 heteroatoms. The predicted octanol–water partition coefficient (Wildman–Crippen LogP) is 1.86. The summed E-state index contributed by atoms with van der Waals surface area (Å²) in [5.74, 6) is -0.955. The normalized spacial score (nSPS) is 17.3. The topological polar surface area (TPSA) is 78.6 Å². The number of nitrogen functional groups attached to an aromatic ring is 1. The molecule has 0 amide bonds. The third-order valence-corrected chi connectivity index (χ3v) is 3.43. The molecule has 19 heavy (non-hydrogen) atoms. The molecule has 0 bridgehead atoms. The Bertz CT molecular complexity index is 456. The van der Waals surface area contributed by atoms with Crippen LogP contribution in [-0.2, 0) is 0 Å². The third-order valence-electron chi connectivity index (χ3n) is 3.43. The van der Waals surface area contributed by atoms with Crippen LogP contribution in [0.4, 0.5) is 11.4 Å². The minimum atomic E-state index is -0.955. The first-order chi connectivity index (χ1) is 9.06. The van der Waals surface area contributed by atoms with Crippen LogP contribution in [0.15, 0.2) is 18.2 Å². The van der Waals surface area contributed by atoms with E-state index in [1.165, 1.54) is 32.0 Å². The van der Waals surface area contributed by atoms with Crippen molar-refractivity contribution in [3.05, 3.63) is 23.8 Å². The molecule has 1 aliphatic heterocycles. The molecule has 1 atom stereocenters. The largest absolute Gasteiger partial charge is 0.478 e. The first kappa shape index (κ1) is 13.7. The van der Waals surface area contributed by atoms with Crippen molar-refractivity contribution in [2.24, 2.45) is 0 Å². The van der Waals surface area contributed by atoms with Crippen LogP contribution >= 0.6 is 0 Å². The van der Waals surface area contributed by atoms with E-state index in [1.807, 2.05) is 0 Å². The monoisotopic (exact) mass is 263 g/mol. The van der Waals surface area contributed by atoms with E-state index in [1.54, 1.807) is 12.1 Å². The van der Waals surface area contributed by atoms with Crippen molar-refractivity contribution in [2.45, 2.75) is 25.8 Å². The van der Waals surface area contributed by atoms with Crippen molar-refractivity contribution in [3.63, 3.8) is 0 Å². The fourth-order valence-corrected chi connectivity index (χ4v) is 2.49. The molecule has 5 nitrogen and oxygen atoms in total. The molecule has 1 unspecified atom stereocenters. The number of hydrogen-bond donors (Lipinski definition) is 3. The zero-order valence-electron chi connectivity index (χ0n) is 11.2. The number of anilines is 2. The molecule has 1 aromatic carbocycles. The van der Waals surface area contributed by atoms with E-state index in [-0.39, 0.29) is 11.6 Å². The van der Waals surface area contributed by atoms with Crippen LogP contribution in [0.2, 0.25) is 0 Å². The van der Waals surface area contributed by atoms with Crippen LogP contribution in [0, 0.1) is 0 Å². The minimum absolute atomic E-state index is 0.218. The van der Waals surface area contributed by atoms with Gasteiger partial charge >= 0.3 is 5.97 Å². The number of carbonyl (C=O) groups is 1. The fourth-order valence-electron chi connectivity index (χ4n) is 2.49. The molecule has 0 spiro atoms. The minimum Gasteiger partial charge on any atom is -0.478 e. The zero-order chi connectivity index (χ0) is 13.8. The molecule has 1 aliphatic rings. The Morgan fingerprint density at radius 3 is 2.74 bits per heavy atom. The standard InChI is InChI=1S/C14H21N3O2/c1-10(9-17-6-2-3-7-17)16-13-5-4-11(14(18)19)8-12(13)15/h4-5,8,10,16H,2-3,6-7,9,15H2,1H3,(H,18,19). The first-order valence-electron chi connectivity index (χ1n) is 6.68. The quantitative estimate of drug-likeness (QED) is 0.707. The van der Waals surface area contributed by atoms with E-state index >= 15 is 0 Å². The highest BCUT2D eigenvalue weighted by Crippen LogP contribution is 2.21. The molecule has 1 heterocycles. The maximum atomic E-state index is 10.8. The molecule has 1 fully saturated rings. The average molecular weight is 263 g/mol. The zero-order valence-corrected chi connectivity index (χ0v) is 11.2. The summed E-state index contributed by atoms with van der Waals surface area (Å²) in [4.78, 5) is 13.3. The number of rotatable bonds is 5. The number of benzene rings is 1. The highest BCUT2D eigenvalue weighted by atomic mass is 16.4. The lowest BCUT2D eigenvalue weighted by Gasteiger charge is -2.22. The summed E-state index contributed by atoms with van der Waals surface area (Å²) in [5, 5.41) is 12.2. The second-order valence-corrected chi connectivity index (χ2v) is 5.16. The molecular weight excluding hydrogens is 242 g/mol. The van der Waals surface area contributed by atoms with E-state index in [9.17, 15) is 4.79 Å². The van der Waals surface area contributed by atoms with E-state index in [2.05, 4.69) is 17.1 Å². The van der Waals surface area contributed by atoms with E-state index in [0.717, 1.165) is 12.2 Å². The van der Waals surface area contributed by atoms with Gasteiger partial charge in [-0.25, -0.2) is 4.79 Å². The van der Waals surface area contributed by atoms with Gasteiger partial charge in [-0.1, -0.05) is 0 Å². The number of carboxylic acid groups (broad SMARTS) is 1. The summed E-state index contributed by atoms with van der Waals surface area (Å²) in [6.07, 6.45) is 2.56. The van der Waals surface area contributed by atoms with Gasteiger partial charge in [-0.15, -0.1) is 0 Å². The lowest BCUT2D eigenvalue weighted by Crippen LogP contribution is -2.33. The van der Waals surface area contributed by atoms with Gasteiger partial charge in [0.05, 0.1) is 16.9 Å². The molecule has 0 saturated carbocycles. The van der Waals surface area contributed by atoms with Crippen molar-refractivity contribution < 1.29 is 9.90 Å². The Kier molecular flexibility index (Phi) is 4.27. The van der Waals surface area contributed by atoms with Crippen LogP contribution in [-0.4, -0.2) is 41.7 Å². The van der Waals surface area contributed by atoms with Gasteiger partial charge in [0, 0.05) is 12.6 Å². The summed E-state index contributed by atoms with van der Waals surface area (Å²) >= 11 is 0. The SMILES string of the molecule is CC(CN1CCCC1)Nc1ccc(C(=O)O)cc1N. The first-order valence-corrected chi connectivity index (χ1v) is 6.68.